The van der Waals surface area contributed by atoms with Crippen LogP contribution in [0.3, 0.4) is 0 Å². The third kappa shape index (κ3) is 2.85. The van der Waals surface area contributed by atoms with Crippen molar-refractivity contribution in [3.63, 3.8) is 0 Å². The monoisotopic (exact) mass is 275 g/mol. The average molecular weight is 275 g/mol. The van der Waals surface area contributed by atoms with Crippen LogP contribution in [0.4, 0.5) is 0 Å². The van der Waals surface area contributed by atoms with E-state index in [0.29, 0.717) is 18.5 Å². The molecule has 1 atom stereocenters. The quantitative estimate of drug-likeness (QED) is 0.739. The molecule has 0 aromatic heterocycles. The van der Waals surface area contributed by atoms with E-state index < -0.39 is 17.9 Å². The van der Waals surface area contributed by atoms with Crippen LogP contribution < -0.4 is 11.1 Å². The van der Waals surface area contributed by atoms with E-state index in [1.54, 1.807) is 25.1 Å². The van der Waals surface area contributed by atoms with Crippen LogP contribution in [0.1, 0.15) is 22.8 Å². The molecule has 20 heavy (non-hydrogen) atoms. The number of nitrogens with one attached hydrogen (secondary N) is 1. The lowest BCUT2D eigenvalue weighted by atomic mass is 10.1. The van der Waals surface area contributed by atoms with Gasteiger partial charge in [-0.25, -0.2) is 0 Å². The summed E-state index contributed by atoms with van der Waals surface area (Å²) in [5.74, 6) is -1.23. The third-order valence-corrected chi connectivity index (χ3v) is 3.29. The van der Waals surface area contributed by atoms with E-state index in [2.05, 4.69) is 5.32 Å². The van der Waals surface area contributed by atoms with Gasteiger partial charge in [-0.05, 0) is 37.6 Å². The van der Waals surface area contributed by atoms with Crippen molar-refractivity contribution in [1.29, 1.82) is 0 Å². The number of amides is 3. The van der Waals surface area contributed by atoms with Gasteiger partial charge in [-0.1, -0.05) is 12.1 Å². The van der Waals surface area contributed by atoms with Crippen LogP contribution >= 0.6 is 0 Å². The first-order valence-electron chi connectivity index (χ1n) is 6.46. The van der Waals surface area contributed by atoms with Crippen LogP contribution in [-0.4, -0.2) is 41.8 Å². The first-order valence-corrected chi connectivity index (χ1v) is 6.46. The van der Waals surface area contributed by atoms with Gasteiger partial charge in [0.15, 0.2) is 0 Å². The van der Waals surface area contributed by atoms with Crippen LogP contribution in [0, 0.1) is 0 Å². The van der Waals surface area contributed by atoms with Gasteiger partial charge in [0.1, 0.15) is 12.6 Å². The van der Waals surface area contributed by atoms with E-state index in [1.807, 2.05) is 6.07 Å². The molecule has 0 bridgehead atoms. The number of piperazine rings is 1. The van der Waals surface area contributed by atoms with E-state index in [4.69, 9.17) is 5.73 Å². The van der Waals surface area contributed by atoms with Gasteiger partial charge >= 0.3 is 0 Å². The number of nitrogens with two attached hydrogens (primary N) is 1. The minimum atomic E-state index is -0.654. The second-order valence-electron chi connectivity index (χ2n) is 4.76. The highest BCUT2D eigenvalue weighted by molar-refractivity contribution is 6.07. The molecule has 106 valence electrons. The molecule has 1 unspecified atom stereocenters. The number of hydrogen-bond acceptors (Lipinski definition) is 4. The van der Waals surface area contributed by atoms with Crippen LogP contribution in [-0.2, 0) is 16.0 Å². The Morgan fingerprint density at radius 1 is 1.45 bits per heavy atom. The lowest BCUT2D eigenvalue weighted by Crippen LogP contribution is -2.58. The minimum Gasteiger partial charge on any atom is -0.330 e. The number of carbonyl (C=O) groups is 3. The van der Waals surface area contributed by atoms with Crippen LogP contribution in [0.15, 0.2) is 24.3 Å². The Hall–Kier alpha value is -2.21. The molecule has 1 aromatic rings. The molecule has 3 amide bonds. The number of rotatable bonds is 3. The van der Waals surface area contributed by atoms with Crippen molar-refractivity contribution >= 4 is 17.7 Å². The molecule has 6 heteroatoms. The van der Waals surface area contributed by atoms with Gasteiger partial charge in [0.2, 0.25) is 11.8 Å². The van der Waals surface area contributed by atoms with Gasteiger partial charge in [0, 0.05) is 5.56 Å². The summed E-state index contributed by atoms with van der Waals surface area (Å²) in [6.07, 6.45) is 0.677. The number of benzene rings is 1. The van der Waals surface area contributed by atoms with Crippen molar-refractivity contribution in [2.75, 3.05) is 13.1 Å². The molecule has 3 N–H and O–H groups in total. The average Bonchev–Trinajstić information content (AvgIpc) is 2.43. The molecule has 1 saturated heterocycles. The summed E-state index contributed by atoms with van der Waals surface area (Å²) in [4.78, 5) is 36.7. The fourth-order valence-corrected chi connectivity index (χ4v) is 2.15. The normalized spacial score (nSPS) is 18.9. The van der Waals surface area contributed by atoms with Crippen molar-refractivity contribution in [2.24, 2.45) is 5.73 Å². The molecule has 0 radical (unpaired) electrons. The fourth-order valence-electron chi connectivity index (χ4n) is 2.15. The van der Waals surface area contributed by atoms with Crippen molar-refractivity contribution in [3.8, 4) is 0 Å². The highest BCUT2D eigenvalue weighted by Gasteiger charge is 2.33. The topological polar surface area (TPSA) is 92.5 Å². The van der Waals surface area contributed by atoms with Gasteiger partial charge < -0.3 is 10.6 Å². The smallest absolute Gasteiger partial charge is 0.255 e. The lowest BCUT2D eigenvalue weighted by Gasteiger charge is -2.31. The van der Waals surface area contributed by atoms with Crippen LogP contribution in [0.5, 0.6) is 0 Å². The second kappa shape index (κ2) is 5.83. The van der Waals surface area contributed by atoms with Crippen molar-refractivity contribution in [2.45, 2.75) is 19.4 Å². The van der Waals surface area contributed by atoms with Gasteiger partial charge in [0.25, 0.3) is 5.91 Å². The zero-order valence-corrected chi connectivity index (χ0v) is 11.3. The van der Waals surface area contributed by atoms with E-state index in [-0.39, 0.29) is 12.5 Å². The highest BCUT2D eigenvalue weighted by atomic mass is 16.2. The number of carbonyl (C=O) groups excluding carboxylic acids is 3. The van der Waals surface area contributed by atoms with Crippen molar-refractivity contribution < 1.29 is 14.4 Å². The third-order valence-electron chi connectivity index (χ3n) is 3.29. The molecule has 1 aliphatic heterocycles. The maximum Gasteiger partial charge on any atom is 0.255 e. The first kappa shape index (κ1) is 14.2. The zero-order valence-electron chi connectivity index (χ0n) is 11.3. The number of nitrogens with zero attached hydrogens (tertiary/aromatic N) is 1. The van der Waals surface area contributed by atoms with E-state index >= 15 is 0 Å². The Bertz CT molecular complexity index is 556. The summed E-state index contributed by atoms with van der Waals surface area (Å²) in [6.45, 7) is 1.99. The molecule has 0 saturated carbocycles. The SMILES string of the molecule is CC1C(=O)NC(=O)CN1C(=O)c1cccc(CCN)c1. The molecular weight excluding hydrogens is 258 g/mol. The summed E-state index contributed by atoms with van der Waals surface area (Å²) in [5.41, 5.74) is 6.92. The largest absolute Gasteiger partial charge is 0.330 e. The summed E-state index contributed by atoms with van der Waals surface area (Å²) >= 11 is 0. The molecule has 1 aliphatic rings. The standard InChI is InChI=1S/C14H17N3O3/c1-9-13(19)16-12(18)8-17(9)14(20)11-4-2-3-10(7-11)5-6-15/h2-4,7,9H,5-6,8,15H2,1H3,(H,16,18,19). The maximum absolute atomic E-state index is 12.4. The fraction of sp³-hybridized carbons (Fsp3) is 0.357. The first-order chi connectivity index (χ1) is 9.52. The predicted octanol–water partition coefficient (Wildman–Crippen LogP) is -0.325. The van der Waals surface area contributed by atoms with E-state index in [0.717, 1.165) is 5.56 Å². The van der Waals surface area contributed by atoms with Crippen molar-refractivity contribution in [1.82, 2.24) is 10.2 Å². The molecule has 0 aliphatic carbocycles. The summed E-state index contributed by atoms with van der Waals surface area (Å²) < 4.78 is 0. The molecular formula is C14H17N3O3. The maximum atomic E-state index is 12.4. The zero-order chi connectivity index (χ0) is 14.7. The van der Waals surface area contributed by atoms with Crippen LogP contribution in [0.2, 0.25) is 0 Å². The summed E-state index contributed by atoms with van der Waals surface area (Å²) in [5, 5.41) is 2.21. The molecule has 6 nitrogen and oxygen atoms in total. The Labute approximate surface area is 116 Å². The van der Waals surface area contributed by atoms with Gasteiger partial charge in [-0.15, -0.1) is 0 Å². The minimum absolute atomic E-state index is 0.104. The lowest BCUT2D eigenvalue weighted by molar-refractivity contribution is -0.138. The van der Waals surface area contributed by atoms with E-state index in [1.165, 1.54) is 4.90 Å². The molecule has 0 spiro atoms. The van der Waals surface area contributed by atoms with E-state index in [9.17, 15) is 14.4 Å². The summed E-state index contributed by atoms with van der Waals surface area (Å²) in [6, 6.07) is 6.43. The highest BCUT2D eigenvalue weighted by Crippen LogP contribution is 2.13. The number of hydrogen-bond donors (Lipinski definition) is 2. The molecule has 1 aromatic carbocycles. The Balaban J connectivity index is 2.23. The second-order valence-corrected chi connectivity index (χ2v) is 4.76. The van der Waals surface area contributed by atoms with Gasteiger partial charge in [-0.3, -0.25) is 19.7 Å². The Morgan fingerprint density at radius 3 is 2.90 bits per heavy atom. The van der Waals surface area contributed by atoms with Crippen molar-refractivity contribution in [3.05, 3.63) is 35.4 Å². The van der Waals surface area contributed by atoms with Gasteiger partial charge in [-0.2, -0.15) is 0 Å². The van der Waals surface area contributed by atoms with Crippen LogP contribution in [0.25, 0.3) is 0 Å². The molecule has 1 heterocycles. The Kier molecular flexibility index (Phi) is 4.14. The molecule has 1 fully saturated rings. The van der Waals surface area contributed by atoms with Gasteiger partial charge in [0.05, 0.1) is 0 Å². The Morgan fingerprint density at radius 2 is 2.20 bits per heavy atom. The summed E-state index contributed by atoms with van der Waals surface area (Å²) in [7, 11) is 0. The molecule has 2 rings (SSSR count). The number of imide groups is 1. The predicted molar refractivity (Wildman–Crippen MR) is 72.8 cm³/mol.